The Hall–Kier alpha value is -1.30. The molecule has 1 aromatic rings. The molecule has 0 aliphatic heterocycles. The van der Waals surface area contributed by atoms with Gasteiger partial charge in [-0.15, -0.1) is 0 Å². The summed E-state index contributed by atoms with van der Waals surface area (Å²) in [6, 6.07) is 4.33. The summed E-state index contributed by atoms with van der Waals surface area (Å²) in [5.41, 5.74) is 1.55. The molecule has 0 fully saturated rings. The van der Waals surface area contributed by atoms with E-state index in [0.717, 1.165) is 11.4 Å². The zero-order valence-corrected chi connectivity index (χ0v) is 10.4. The Morgan fingerprint density at radius 2 is 1.80 bits per heavy atom. The van der Waals surface area contributed by atoms with Gasteiger partial charge in [-0.2, -0.15) is 10.4 Å². The average molecular weight is 205 g/mol. The van der Waals surface area contributed by atoms with E-state index in [4.69, 9.17) is 5.26 Å². The zero-order chi connectivity index (χ0) is 11.9. The Bertz CT molecular complexity index is 399. The molecule has 0 aliphatic carbocycles. The van der Waals surface area contributed by atoms with E-state index in [2.05, 4.69) is 31.9 Å². The first-order valence-electron chi connectivity index (χ1n) is 5.15. The molecule has 1 heterocycles. The fourth-order valence-electron chi connectivity index (χ4n) is 1.48. The molecule has 0 N–H and O–H groups in total. The second kappa shape index (κ2) is 3.37. The molecule has 3 heteroatoms. The van der Waals surface area contributed by atoms with E-state index >= 15 is 0 Å². The van der Waals surface area contributed by atoms with Crippen LogP contribution in [0.25, 0.3) is 0 Å². The summed E-state index contributed by atoms with van der Waals surface area (Å²) in [6.07, 6.45) is 0. The molecule has 1 rings (SSSR count). The normalized spacial score (nSPS) is 12.6. The molecule has 0 unspecified atom stereocenters. The van der Waals surface area contributed by atoms with Crippen molar-refractivity contribution < 1.29 is 0 Å². The van der Waals surface area contributed by atoms with Crippen LogP contribution in [-0.4, -0.2) is 9.78 Å². The number of rotatable bonds is 1. The Balaban J connectivity index is 3.26. The van der Waals surface area contributed by atoms with Gasteiger partial charge in [0.05, 0.1) is 22.9 Å². The topological polar surface area (TPSA) is 41.6 Å². The van der Waals surface area contributed by atoms with Gasteiger partial charge in [0.2, 0.25) is 0 Å². The predicted octanol–water partition coefficient (Wildman–Crippen LogP) is 2.52. The summed E-state index contributed by atoms with van der Waals surface area (Å²) in [5, 5.41) is 13.6. The molecule has 0 atom stereocenters. The second-order valence-corrected chi connectivity index (χ2v) is 5.53. The lowest BCUT2D eigenvalue weighted by Gasteiger charge is -2.15. The average Bonchev–Trinajstić information content (AvgIpc) is 2.47. The Morgan fingerprint density at radius 1 is 1.27 bits per heavy atom. The molecule has 0 amide bonds. The molecule has 0 spiro atoms. The monoisotopic (exact) mass is 205 g/mol. The van der Waals surface area contributed by atoms with Crippen LogP contribution in [0.3, 0.4) is 0 Å². The van der Waals surface area contributed by atoms with Crippen LogP contribution in [0.4, 0.5) is 0 Å². The lowest BCUT2D eigenvalue weighted by Crippen LogP contribution is -2.18. The molecule has 0 saturated carbocycles. The van der Waals surface area contributed by atoms with Crippen molar-refractivity contribution in [2.24, 2.45) is 7.05 Å². The predicted molar refractivity (Wildman–Crippen MR) is 60.5 cm³/mol. The van der Waals surface area contributed by atoms with Gasteiger partial charge in [0.1, 0.15) is 0 Å². The van der Waals surface area contributed by atoms with Crippen molar-refractivity contribution in [3.8, 4) is 6.07 Å². The number of aryl methyl sites for hydroxylation is 1. The van der Waals surface area contributed by atoms with Crippen molar-refractivity contribution in [2.45, 2.75) is 45.4 Å². The van der Waals surface area contributed by atoms with Gasteiger partial charge >= 0.3 is 0 Å². The second-order valence-electron chi connectivity index (χ2n) is 5.53. The third-order valence-corrected chi connectivity index (χ3v) is 2.57. The first kappa shape index (κ1) is 11.8. The van der Waals surface area contributed by atoms with Gasteiger partial charge in [0.25, 0.3) is 0 Å². The van der Waals surface area contributed by atoms with E-state index < -0.39 is 5.41 Å². The Labute approximate surface area is 91.7 Å². The van der Waals surface area contributed by atoms with Crippen LogP contribution in [0, 0.1) is 11.3 Å². The van der Waals surface area contributed by atoms with Crippen LogP contribution in [0.2, 0.25) is 0 Å². The van der Waals surface area contributed by atoms with Crippen molar-refractivity contribution in [3.63, 3.8) is 0 Å². The quantitative estimate of drug-likeness (QED) is 0.707. The molecule has 0 saturated heterocycles. The molecule has 1 aromatic heterocycles. The highest BCUT2D eigenvalue weighted by atomic mass is 15.3. The maximum absolute atomic E-state index is 9.09. The highest BCUT2D eigenvalue weighted by Gasteiger charge is 2.27. The van der Waals surface area contributed by atoms with Gasteiger partial charge in [-0.05, 0) is 19.9 Å². The van der Waals surface area contributed by atoms with Crippen molar-refractivity contribution in [1.29, 1.82) is 5.26 Å². The Kier molecular flexibility index (Phi) is 2.65. The minimum Gasteiger partial charge on any atom is -0.271 e. The van der Waals surface area contributed by atoms with E-state index in [0.29, 0.717) is 0 Å². The van der Waals surface area contributed by atoms with Crippen molar-refractivity contribution in [1.82, 2.24) is 9.78 Å². The lowest BCUT2D eigenvalue weighted by molar-refractivity contribution is 0.542. The minimum absolute atomic E-state index is 0.0293. The molecule has 3 nitrogen and oxygen atoms in total. The van der Waals surface area contributed by atoms with Gasteiger partial charge in [0, 0.05) is 12.5 Å². The van der Waals surface area contributed by atoms with Crippen LogP contribution in [0.15, 0.2) is 6.07 Å². The smallest absolute Gasteiger partial charge is 0.0934 e. The van der Waals surface area contributed by atoms with E-state index in [9.17, 15) is 0 Å². The van der Waals surface area contributed by atoms with Crippen molar-refractivity contribution >= 4 is 0 Å². The van der Waals surface area contributed by atoms with Crippen LogP contribution in [0.1, 0.15) is 46.0 Å². The van der Waals surface area contributed by atoms with Gasteiger partial charge in [-0.1, -0.05) is 20.8 Å². The fourth-order valence-corrected chi connectivity index (χ4v) is 1.48. The van der Waals surface area contributed by atoms with E-state index in [1.54, 1.807) is 0 Å². The summed E-state index contributed by atoms with van der Waals surface area (Å²) >= 11 is 0. The highest BCUT2D eigenvalue weighted by Crippen LogP contribution is 2.27. The maximum Gasteiger partial charge on any atom is 0.0934 e. The summed E-state index contributed by atoms with van der Waals surface area (Å²) in [4.78, 5) is 0. The summed E-state index contributed by atoms with van der Waals surface area (Å²) in [6.45, 7) is 10.2. The van der Waals surface area contributed by atoms with E-state index in [1.165, 1.54) is 0 Å². The number of hydrogen-bond donors (Lipinski definition) is 0. The maximum atomic E-state index is 9.09. The number of nitriles is 1. The zero-order valence-electron chi connectivity index (χ0n) is 10.4. The Morgan fingerprint density at radius 3 is 2.13 bits per heavy atom. The summed E-state index contributed by atoms with van der Waals surface area (Å²) < 4.78 is 1.81. The molecule has 0 radical (unpaired) electrons. The molecular weight excluding hydrogens is 186 g/mol. The molecule has 0 aliphatic rings. The number of aromatic nitrogens is 2. The molecule has 82 valence electrons. The summed E-state index contributed by atoms with van der Waals surface area (Å²) in [5.74, 6) is 0. The van der Waals surface area contributed by atoms with Crippen molar-refractivity contribution in [3.05, 3.63) is 17.5 Å². The summed E-state index contributed by atoms with van der Waals surface area (Å²) in [7, 11) is 1.89. The lowest BCUT2D eigenvalue weighted by atomic mass is 9.87. The van der Waals surface area contributed by atoms with Crippen LogP contribution in [-0.2, 0) is 17.9 Å². The first-order chi connectivity index (χ1) is 6.68. The molecular formula is C12H19N3. The van der Waals surface area contributed by atoms with Gasteiger partial charge < -0.3 is 0 Å². The SMILES string of the molecule is Cn1nc(C(C)(C)C)cc1C(C)(C)C#N. The number of nitrogens with zero attached hydrogens (tertiary/aromatic N) is 3. The van der Waals surface area contributed by atoms with Gasteiger partial charge in [0.15, 0.2) is 0 Å². The largest absolute Gasteiger partial charge is 0.271 e. The standard InChI is InChI=1S/C12H19N3/c1-11(2,3)9-7-10(15(6)14-9)12(4,5)8-13/h7H,1-6H3. The molecule has 15 heavy (non-hydrogen) atoms. The van der Waals surface area contributed by atoms with E-state index in [-0.39, 0.29) is 5.41 Å². The van der Waals surface area contributed by atoms with Gasteiger partial charge in [-0.3, -0.25) is 4.68 Å². The van der Waals surface area contributed by atoms with Crippen LogP contribution >= 0.6 is 0 Å². The van der Waals surface area contributed by atoms with Crippen molar-refractivity contribution in [2.75, 3.05) is 0 Å². The molecule has 0 bridgehead atoms. The number of hydrogen-bond acceptors (Lipinski definition) is 2. The van der Waals surface area contributed by atoms with Crippen LogP contribution in [0.5, 0.6) is 0 Å². The molecule has 0 aromatic carbocycles. The fraction of sp³-hybridized carbons (Fsp3) is 0.667. The third-order valence-electron chi connectivity index (χ3n) is 2.57. The van der Waals surface area contributed by atoms with Gasteiger partial charge in [-0.25, -0.2) is 0 Å². The third kappa shape index (κ3) is 2.20. The van der Waals surface area contributed by atoms with E-state index in [1.807, 2.05) is 31.6 Å². The highest BCUT2D eigenvalue weighted by molar-refractivity contribution is 5.28. The van der Waals surface area contributed by atoms with Crippen LogP contribution < -0.4 is 0 Å². The first-order valence-corrected chi connectivity index (χ1v) is 5.15. The minimum atomic E-state index is -0.481.